The Kier molecular flexibility index (Phi) is 3.49. The summed E-state index contributed by atoms with van der Waals surface area (Å²) in [6, 6.07) is 7.87. The molecule has 5 heteroatoms. The highest BCUT2D eigenvalue weighted by Gasteiger charge is 2.45. The van der Waals surface area contributed by atoms with Gasteiger partial charge >= 0.3 is 5.97 Å². The van der Waals surface area contributed by atoms with Crippen LogP contribution in [0.1, 0.15) is 20.8 Å². The van der Waals surface area contributed by atoms with Gasteiger partial charge in [-0.2, -0.15) is 0 Å². The summed E-state index contributed by atoms with van der Waals surface area (Å²) in [5.41, 5.74) is 2.70. The van der Waals surface area contributed by atoms with Crippen molar-refractivity contribution in [2.45, 2.75) is 33.0 Å². The second-order valence-electron chi connectivity index (χ2n) is 5.12. The van der Waals surface area contributed by atoms with Crippen LogP contribution in [0.15, 0.2) is 35.6 Å². The first-order chi connectivity index (χ1) is 10.2. The van der Waals surface area contributed by atoms with E-state index in [-0.39, 0.29) is 18.2 Å². The molecule has 1 aromatic rings. The largest absolute Gasteiger partial charge is 0.472 e. The number of likely N-dealkylation sites (N-methyl/N-ethyl adjacent to an activating group) is 1. The van der Waals surface area contributed by atoms with Gasteiger partial charge in [0.15, 0.2) is 6.23 Å². The van der Waals surface area contributed by atoms with Gasteiger partial charge in [-0.15, -0.1) is 0 Å². The van der Waals surface area contributed by atoms with Gasteiger partial charge in [0.05, 0.1) is 18.0 Å². The number of carbonyl (C=O) groups excluding carboxylic acids is 1. The van der Waals surface area contributed by atoms with E-state index in [4.69, 9.17) is 9.47 Å². The molecule has 0 fully saturated rings. The lowest BCUT2D eigenvalue weighted by Gasteiger charge is -2.40. The third-order valence-corrected chi connectivity index (χ3v) is 3.94. The van der Waals surface area contributed by atoms with Crippen LogP contribution in [-0.4, -0.2) is 31.4 Å². The second-order valence-corrected chi connectivity index (χ2v) is 5.12. The van der Waals surface area contributed by atoms with Gasteiger partial charge < -0.3 is 19.7 Å². The average molecular weight is 288 g/mol. The SMILES string of the molecule is CCOC(=O)C1=C(C)O[C@H]2[C@H]1Nc1ccccc1N2CC. The fourth-order valence-electron chi connectivity index (χ4n) is 3.04. The molecular formula is C16H20N2O3. The van der Waals surface area contributed by atoms with Gasteiger partial charge in [-0.25, -0.2) is 4.79 Å². The van der Waals surface area contributed by atoms with Crippen LogP contribution in [0, 0.1) is 0 Å². The highest BCUT2D eigenvalue weighted by Crippen LogP contribution is 2.40. The Morgan fingerprint density at radius 1 is 1.38 bits per heavy atom. The fraction of sp³-hybridized carbons (Fsp3) is 0.438. The predicted molar refractivity (Wildman–Crippen MR) is 81.1 cm³/mol. The summed E-state index contributed by atoms with van der Waals surface area (Å²) in [4.78, 5) is 14.4. The van der Waals surface area contributed by atoms with Crippen LogP contribution < -0.4 is 10.2 Å². The Hall–Kier alpha value is -2.17. The van der Waals surface area contributed by atoms with Crippen LogP contribution in [0.2, 0.25) is 0 Å². The van der Waals surface area contributed by atoms with Crippen molar-refractivity contribution in [1.29, 1.82) is 0 Å². The number of carbonyl (C=O) groups is 1. The van der Waals surface area contributed by atoms with Gasteiger partial charge in [-0.3, -0.25) is 0 Å². The number of para-hydroxylation sites is 2. The van der Waals surface area contributed by atoms with Crippen LogP contribution in [-0.2, 0) is 14.3 Å². The quantitative estimate of drug-likeness (QED) is 0.866. The Morgan fingerprint density at radius 3 is 2.86 bits per heavy atom. The van der Waals surface area contributed by atoms with E-state index in [1.807, 2.05) is 32.0 Å². The first-order valence-corrected chi connectivity index (χ1v) is 7.34. The molecule has 0 unspecified atom stereocenters. The Labute approximate surface area is 124 Å². The highest BCUT2D eigenvalue weighted by atomic mass is 16.5. The predicted octanol–water partition coefficient (Wildman–Crippen LogP) is 2.50. The number of esters is 1. The zero-order valence-electron chi connectivity index (χ0n) is 12.6. The number of nitrogens with one attached hydrogen (secondary N) is 1. The van der Waals surface area contributed by atoms with Crippen molar-refractivity contribution in [3.63, 3.8) is 0 Å². The normalized spacial score (nSPS) is 23.1. The van der Waals surface area contributed by atoms with E-state index in [1.165, 1.54) is 0 Å². The number of benzene rings is 1. The summed E-state index contributed by atoms with van der Waals surface area (Å²) < 4.78 is 11.1. The maximum atomic E-state index is 12.2. The number of ether oxygens (including phenoxy) is 2. The third-order valence-electron chi connectivity index (χ3n) is 3.94. The summed E-state index contributed by atoms with van der Waals surface area (Å²) in [6.45, 7) is 6.89. The van der Waals surface area contributed by atoms with E-state index in [0.29, 0.717) is 17.9 Å². The molecule has 0 aliphatic carbocycles. The zero-order chi connectivity index (χ0) is 15.0. The van der Waals surface area contributed by atoms with Gasteiger partial charge in [0.1, 0.15) is 17.4 Å². The van der Waals surface area contributed by atoms with Crippen molar-refractivity contribution in [2.24, 2.45) is 0 Å². The molecule has 1 N–H and O–H groups in total. The van der Waals surface area contributed by atoms with Crippen molar-refractivity contribution in [2.75, 3.05) is 23.4 Å². The molecule has 0 saturated heterocycles. The lowest BCUT2D eigenvalue weighted by atomic mass is 10.0. The molecule has 0 amide bonds. The number of fused-ring (bicyclic) bond motifs is 2. The minimum Gasteiger partial charge on any atom is -0.472 e. The van der Waals surface area contributed by atoms with E-state index >= 15 is 0 Å². The van der Waals surface area contributed by atoms with Gasteiger partial charge in [-0.05, 0) is 32.9 Å². The summed E-state index contributed by atoms with van der Waals surface area (Å²) in [6.07, 6.45) is -0.204. The standard InChI is InChI=1S/C16H20N2O3/c1-4-18-12-9-7-6-8-11(12)17-14-13(16(19)20-5-2)10(3)21-15(14)18/h6-9,14-15,17H,4-5H2,1-3H3/t14-,15-/m0/s1. The van der Waals surface area contributed by atoms with Crippen LogP contribution >= 0.6 is 0 Å². The summed E-state index contributed by atoms with van der Waals surface area (Å²) >= 11 is 0. The molecule has 0 saturated carbocycles. The molecule has 1 aromatic carbocycles. The van der Waals surface area contributed by atoms with Crippen molar-refractivity contribution in [1.82, 2.24) is 0 Å². The lowest BCUT2D eigenvalue weighted by molar-refractivity contribution is -0.138. The first kappa shape index (κ1) is 13.8. The van der Waals surface area contributed by atoms with E-state index in [9.17, 15) is 4.79 Å². The summed E-state index contributed by atoms with van der Waals surface area (Å²) in [5, 5.41) is 3.42. The number of hydrogen-bond acceptors (Lipinski definition) is 5. The van der Waals surface area contributed by atoms with Crippen molar-refractivity contribution >= 4 is 17.3 Å². The molecule has 21 heavy (non-hydrogen) atoms. The molecular weight excluding hydrogens is 268 g/mol. The second kappa shape index (κ2) is 5.31. The molecule has 112 valence electrons. The van der Waals surface area contributed by atoms with Gasteiger partial charge in [0.25, 0.3) is 0 Å². The topological polar surface area (TPSA) is 50.8 Å². The maximum absolute atomic E-state index is 12.2. The monoisotopic (exact) mass is 288 g/mol. The molecule has 2 aliphatic rings. The number of hydrogen-bond donors (Lipinski definition) is 1. The van der Waals surface area contributed by atoms with Crippen LogP contribution in [0.4, 0.5) is 11.4 Å². The van der Waals surface area contributed by atoms with Crippen molar-refractivity contribution in [3.05, 3.63) is 35.6 Å². The molecule has 2 atom stereocenters. The van der Waals surface area contributed by atoms with Gasteiger partial charge in [0, 0.05) is 6.54 Å². The zero-order valence-corrected chi connectivity index (χ0v) is 12.6. The molecule has 0 aromatic heterocycles. The number of nitrogens with zero attached hydrogens (tertiary/aromatic N) is 1. The minimum absolute atomic E-state index is 0.195. The van der Waals surface area contributed by atoms with E-state index < -0.39 is 0 Å². The molecule has 0 bridgehead atoms. The molecule has 0 radical (unpaired) electrons. The smallest absolute Gasteiger partial charge is 0.339 e. The Bertz CT molecular complexity index is 597. The van der Waals surface area contributed by atoms with Crippen molar-refractivity contribution in [3.8, 4) is 0 Å². The van der Waals surface area contributed by atoms with Gasteiger partial charge in [0.2, 0.25) is 0 Å². The van der Waals surface area contributed by atoms with Crippen LogP contribution in [0.5, 0.6) is 0 Å². The van der Waals surface area contributed by atoms with Gasteiger partial charge in [-0.1, -0.05) is 12.1 Å². The number of rotatable bonds is 3. The van der Waals surface area contributed by atoms with E-state index in [0.717, 1.165) is 17.9 Å². The van der Waals surface area contributed by atoms with Crippen molar-refractivity contribution < 1.29 is 14.3 Å². The molecule has 3 rings (SSSR count). The average Bonchev–Trinajstić information content (AvgIpc) is 2.80. The number of allylic oxidation sites excluding steroid dienone is 1. The summed E-state index contributed by atoms with van der Waals surface area (Å²) in [5.74, 6) is 0.340. The molecule has 2 heterocycles. The molecule has 2 aliphatic heterocycles. The third kappa shape index (κ3) is 2.13. The number of anilines is 2. The lowest BCUT2D eigenvalue weighted by Crippen LogP contribution is -2.50. The van der Waals surface area contributed by atoms with Crippen LogP contribution in [0.25, 0.3) is 0 Å². The fourth-order valence-corrected chi connectivity index (χ4v) is 3.04. The highest BCUT2D eigenvalue weighted by molar-refractivity contribution is 5.93. The summed E-state index contributed by atoms with van der Waals surface area (Å²) in [7, 11) is 0. The maximum Gasteiger partial charge on any atom is 0.339 e. The molecule has 5 nitrogen and oxygen atoms in total. The minimum atomic E-state index is -0.301. The van der Waals surface area contributed by atoms with E-state index in [1.54, 1.807) is 0 Å². The van der Waals surface area contributed by atoms with E-state index in [2.05, 4.69) is 23.2 Å². The first-order valence-electron chi connectivity index (χ1n) is 7.34. The van der Waals surface area contributed by atoms with Crippen LogP contribution in [0.3, 0.4) is 0 Å². The Morgan fingerprint density at radius 2 is 2.14 bits per heavy atom. The Balaban J connectivity index is 1.98. The molecule has 0 spiro atoms.